The number of nitrogens with two attached hydrogens (primary N) is 1. The fourth-order valence-electron chi connectivity index (χ4n) is 2.08. The molecular formula is C12H11BF2N2. The summed E-state index contributed by atoms with van der Waals surface area (Å²) in [6.45, 7) is -0.0429. The molecule has 0 saturated carbocycles. The summed E-state index contributed by atoms with van der Waals surface area (Å²) >= 11 is 0. The van der Waals surface area contributed by atoms with Gasteiger partial charge in [0.2, 0.25) is 0 Å². The van der Waals surface area contributed by atoms with E-state index in [1.165, 1.54) is 0 Å². The van der Waals surface area contributed by atoms with Gasteiger partial charge in [0.15, 0.2) is 0 Å². The van der Waals surface area contributed by atoms with E-state index >= 15 is 0 Å². The van der Waals surface area contributed by atoms with Gasteiger partial charge in [-0.05, 0) is 30.4 Å². The minimum absolute atomic E-state index is 0.00408. The van der Waals surface area contributed by atoms with Gasteiger partial charge >= 0.3 is 0 Å². The fourth-order valence-corrected chi connectivity index (χ4v) is 2.08. The van der Waals surface area contributed by atoms with Gasteiger partial charge in [0.1, 0.15) is 11.6 Å². The Bertz CT molecular complexity index is 497. The van der Waals surface area contributed by atoms with Crippen LogP contribution in [0.1, 0.15) is 12.0 Å². The van der Waals surface area contributed by atoms with E-state index in [2.05, 4.69) is 5.97 Å². The van der Waals surface area contributed by atoms with Crippen molar-refractivity contribution in [2.24, 2.45) is 0 Å². The summed E-state index contributed by atoms with van der Waals surface area (Å²) in [5.74, 6) is 0.892. The molecule has 2 N–H and O–H groups in total. The van der Waals surface area contributed by atoms with Gasteiger partial charge in [-0.1, -0.05) is 12.4 Å². The number of nitriles is 1. The van der Waals surface area contributed by atoms with E-state index in [-0.39, 0.29) is 18.0 Å². The lowest BCUT2D eigenvalue weighted by Crippen LogP contribution is -2.13. The van der Waals surface area contributed by atoms with E-state index in [0.717, 1.165) is 12.1 Å². The summed E-state index contributed by atoms with van der Waals surface area (Å²) in [4.78, 5) is 0. The van der Waals surface area contributed by atoms with Gasteiger partial charge in [-0.3, -0.25) is 0 Å². The van der Waals surface area contributed by atoms with Gasteiger partial charge in [0.05, 0.1) is 0 Å². The van der Waals surface area contributed by atoms with E-state index in [0.29, 0.717) is 24.6 Å². The Morgan fingerprint density at radius 3 is 2.41 bits per heavy atom. The third kappa shape index (κ3) is 2.31. The molecule has 2 rings (SSSR count). The van der Waals surface area contributed by atoms with Gasteiger partial charge in [-0.15, -0.1) is 0 Å². The van der Waals surface area contributed by atoms with Crippen LogP contribution in [0.4, 0.5) is 14.5 Å². The Morgan fingerprint density at radius 2 is 1.94 bits per heavy atom. The smallest absolute Gasteiger partial charge is 0.271 e. The summed E-state index contributed by atoms with van der Waals surface area (Å²) < 4.78 is 27.3. The molecular weight excluding hydrogens is 221 g/mol. The molecule has 2 nitrogen and oxygen atoms in total. The maximum absolute atomic E-state index is 13.6. The van der Waals surface area contributed by atoms with Gasteiger partial charge in [-0.25, -0.2) is 14.0 Å². The van der Waals surface area contributed by atoms with Crippen molar-refractivity contribution in [1.82, 2.24) is 0 Å². The zero-order valence-corrected chi connectivity index (χ0v) is 9.21. The molecule has 0 aliphatic carbocycles. The molecule has 0 spiro atoms. The molecule has 1 aromatic rings. The summed E-state index contributed by atoms with van der Waals surface area (Å²) in [5.41, 5.74) is 6.06. The highest BCUT2D eigenvalue weighted by Crippen LogP contribution is 2.31. The molecule has 0 saturated heterocycles. The van der Waals surface area contributed by atoms with Crippen LogP contribution in [0.5, 0.6) is 0 Å². The summed E-state index contributed by atoms with van der Waals surface area (Å²) in [5, 5.41) is 8.75. The van der Waals surface area contributed by atoms with Crippen LogP contribution in [0, 0.1) is 22.9 Å². The van der Waals surface area contributed by atoms with E-state index in [1.54, 1.807) is 6.08 Å². The van der Waals surface area contributed by atoms with Gasteiger partial charge in [0, 0.05) is 17.2 Å². The number of anilines is 1. The van der Waals surface area contributed by atoms with Crippen molar-refractivity contribution < 1.29 is 8.78 Å². The van der Waals surface area contributed by atoms with Crippen molar-refractivity contribution >= 4 is 18.0 Å². The van der Waals surface area contributed by atoms with Crippen molar-refractivity contribution in [3.05, 3.63) is 35.4 Å². The highest BCUT2D eigenvalue weighted by Gasteiger charge is 2.22. The predicted molar refractivity (Wildman–Crippen MR) is 64.3 cm³/mol. The van der Waals surface area contributed by atoms with Crippen LogP contribution >= 0.6 is 0 Å². The number of halogens is 2. The largest absolute Gasteiger partial charge is 0.399 e. The molecule has 0 bridgehead atoms. The van der Waals surface area contributed by atoms with E-state index in [4.69, 9.17) is 11.0 Å². The molecule has 1 heterocycles. The lowest BCUT2D eigenvalue weighted by Gasteiger charge is -2.16. The minimum atomic E-state index is -0.635. The van der Waals surface area contributed by atoms with Crippen molar-refractivity contribution in [3.8, 4) is 5.97 Å². The first-order chi connectivity index (χ1) is 8.11. The molecule has 1 aliphatic rings. The van der Waals surface area contributed by atoms with Crippen LogP contribution in [-0.4, -0.2) is 6.71 Å². The van der Waals surface area contributed by atoms with Crippen molar-refractivity contribution in [2.45, 2.75) is 19.1 Å². The normalized spacial score (nSPS) is 15.4. The first-order valence-electron chi connectivity index (χ1n) is 5.45. The number of benzene rings is 1. The molecule has 5 heteroatoms. The number of hydrogen-bond donors (Lipinski definition) is 1. The Hall–Kier alpha value is -1.83. The maximum Gasteiger partial charge on any atom is 0.271 e. The average Bonchev–Trinajstić information content (AvgIpc) is 2.28. The first-order valence-corrected chi connectivity index (χ1v) is 5.45. The van der Waals surface area contributed by atoms with E-state index in [9.17, 15) is 8.78 Å². The van der Waals surface area contributed by atoms with Crippen LogP contribution in [0.3, 0.4) is 0 Å². The lowest BCUT2D eigenvalue weighted by atomic mass is 9.43. The zero-order valence-electron chi connectivity index (χ0n) is 9.21. The van der Waals surface area contributed by atoms with Gasteiger partial charge in [-0.2, -0.15) is 0 Å². The van der Waals surface area contributed by atoms with Crippen LogP contribution in [0.25, 0.3) is 5.57 Å². The second-order valence-corrected chi connectivity index (χ2v) is 4.19. The van der Waals surface area contributed by atoms with E-state index in [1.807, 2.05) is 0 Å². The van der Waals surface area contributed by atoms with Crippen LogP contribution in [0.15, 0.2) is 18.2 Å². The highest BCUT2D eigenvalue weighted by molar-refractivity contribution is 6.67. The maximum atomic E-state index is 13.6. The van der Waals surface area contributed by atoms with E-state index < -0.39 is 11.6 Å². The molecule has 0 aromatic heterocycles. The number of hydrogen-bond acceptors (Lipinski definition) is 2. The molecule has 0 unspecified atom stereocenters. The topological polar surface area (TPSA) is 49.8 Å². The van der Waals surface area contributed by atoms with Crippen LogP contribution in [-0.2, 0) is 0 Å². The Balaban J connectivity index is 2.37. The molecule has 1 aliphatic heterocycles. The highest BCUT2D eigenvalue weighted by atomic mass is 19.1. The number of nitrogen functional groups attached to an aromatic ring is 1. The van der Waals surface area contributed by atoms with Crippen molar-refractivity contribution in [3.63, 3.8) is 0 Å². The molecule has 17 heavy (non-hydrogen) atoms. The Kier molecular flexibility index (Phi) is 3.14. The predicted octanol–water partition coefficient (Wildman–Crippen LogP) is 2.89. The molecule has 1 aromatic carbocycles. The van der Waals surface area contributed by atoms with Crippen LogP contribution < -0.4 is 5.73 Å². The molecule has 0 fully saturated rings. The molecule has 0 amide bonds. The Labute approximate surface area is 98.8 Å². The molecule has 0 atom stereocenters. The number of allylic oxidation sites excluding steroid dienone is 2. The van der Waals surface area contributed by atoms with Crippen molar-refractivity contribution in [2.75, 3.05) is 5.73 Å². The fraction of sp³-hybridized carbons (Fsp3) is 0.250. The monoisotopic (exact) mass is 232 g/mol. The summed E-state index contributed by atoms with van der Waals surface area (Å²) in [6, 6.07) is 2.24. The zero-order chi connectivity index (χ0) is 12.4. The van der Waals surface area contributed by atoms with Gasteiger partial charge < -0.3 is 5.73 Å². The minimum Gasteiger partial charge on any atom is -0.399 e. The van der Waals surface area contributed by atoms with Crippen molar-refractivity contribution in [1.29, 1.82) is 5.26 Å². The standard InChI is InChI=1S/C12H11BF2N2/c14-10-5-9(17)6-11(15)12(10)8-1-3-13(7-16)4-2-8/h1,5-6H,2-4,17H2. The Morgan fingerprint density at radius 1 is 1.29 bits per heavy atom. The number of rotatable bonds is 1. The quantitative estimate of drug-likeness (QED) is 0.597. The molecule has 0 radical (unpaired) electrons. The first kappa shape index (κ1) is 11.7. The second-order valence-electron chi connectivity index (χ2n) is 4.19. The second kappa shape index (κ2) is 4.58. The lowest BCUT2D eigenvalue weighted by molar-refractivity contribution is 0.577. The molecule has 86 valence electrons. The third-order valence-corrected chi connectivity index (χ3v) is 2.98. The average molecular weight is 232 g/mol. The number of nitrogens with zero attached hydrogens (tertiary/aromatic N) is 1. The summed E-state index contributed by atoms with van der Waals surface area (Å²) in [6.07, 6.45) is 3.46. The summed E-state index contributed by atoms with van der Waals surface area (Å²) in [7, 11) is 0. The third-order valence-electron chi connectivity index (χ3n) is 2.98. The van der Waals surface area contributed by atoms with Crippen LogP contribution in [0.2, 0.25) is 12.6 Å². The van der Waals surface area contributed by atoms with Gasteiger partial charge in [0.25, 0.3) is 6.71 Å². The SMILES string of the molecule is N#CB1CC=C(c2c(F)cc(N)cc2F)CC1.